The molecule has 11 heteroatoms. The maximum atomic E-state index is 12.7. The summed E-state index contributed by atoms with van der Waals surface area (Å²) in [6.07, 6.45) is 2.44. The molecule has 40 heavy (non-hydrogen) atoms. The second-order valence-electron chi connectivity index (χ2n) is 9.66. The summed E-state index contributed by atoms with van der Waals surface area (Å²) in [5, 5.41) is 12.6. The number of hydrogen-bond donors (Lipinski definition) is 3. The van der Waals surface area contributed by atoms with Gasteiger partial charge in [-0.2, -0.15) is 0 Å². The van der Waals surface area contributed by atoms with E-state index in [1.165, 1.54) is 30.5 Å². The number of nitrogens with one attached hydrogen (secondary N) is 2. The summed E-state index contributed by atoms with van der Waals surface area (Å²) in [5.41, 5.74) is 0.130. The van der Waals surface area contributed by atoms with Crippen molar-refractivity contribution in [1.82, 2.24) is 24.7 Å². The van der Waals surface area contributed by atoms with Crippen LogP contribution in [0.3, 0.4) is 0 Å². The summed E-state index contributed by atoms with van der Waals surface area (Å²) in [6, 6.07) is 12.8. The van der Waals surface area contributed by atoms with E-state index in [-0.39, 0.29) is 35.6 Å². The van der Waals surface area contributed by atoms with Gasteiger partial charge >= 0.3 is 5.69 Å². The minimum atomic E-state index is -0.470. The molecule has 0 unspecified atom stereocenters. The molecule has 0 radical (unpaired) electrons. The van der Waals surface area contributed by atoms with E-state index in [9.17, 15) is 29.1 Å². The number of hydrogen-bond acceptors (Lipinski definition) is 6. The number of carbonyl (C=O) groups is 3. The van der Waals surface area contributed by atoms with Crippen LogP contribution in [0.5, 0.6) is 5.75 Å². The normalized spacial score (nSPS) is 10.8. The van der Waals surface area contributed by atoms with Crippen molar-refractivity contribution in [2.24, 2.45) is 0 Å². The molecule has 0 aliphatic heterocycles. The molecule has 0 spiro atoms. The summed E-state index contributed by atoms with van der Waals surface area (Å²) in [6.45, 7) is 5.55. The molecule has 0 atom stereocenters. The third-order valence-corrected chi connectivity index (χ3v) is 6.72. The smallest absolute Gasteiger partial charge is 0.328 e. The van der Waals surface area contributed by atoms with Gasteiger partial charge in [-0.25, -0.2) is 4.79 Å². The fourth-order valence-electron chi connectivity index (χ4n) is 4.47. The average molecular weight is 552 g/mol. The Bertz CT molecular complexity index is 1430. The molecule has 3 rings (SSSR count). The molecule has 1 aromatic heterocycles. The van der Waals surface area contributed by atoms with Crippen molar-refractivity contribution in [3.63, 3.8) is 0 Å². The predicted octanol–water partition coefficient (Wildman–Crippen LogP) is 2.08. The van der Waals surface area contributed by atoms with E-state index in [0.29, 0.717) is 74.9 Å². The van der Waals surface area contributed by atoms with Gasteiger partial charge in [-0.15, -0.1) is 0 Å². The van der Waals surface area contributed by atoms with Crippen molar-refractivity contribution in [1.29, 1.82) is 0 Å². The lowest BCUT2D eigenvalue weighted by Gasteiger charge is -2.24. The lowest BCUT2D eigenvalue weighted by atomic mass is 10.2. The second kappa shape index (κ2) is 14.7. The molecule has 3 amide bonds. The fraction of sp³-hybridized carbons (Fsp3) is 0.414. The number of aromatic hydroxyl groups is 1. The third kappa shape index (κ3) is 8.55. The van der Waals surface area contributed by atoms with Gasteiger partial charge in [-0.05, 0) is 62.1 Å². The van der Waals surface area contributed by atoms with Gasteiger partial charge in [-0.3, -0.25) is 23.7 Å². The number of amides is 3. The average Bonchev–Trinajstić information content (AvgIpc) is 2.92. The van der Waals surface area contributed by atoms with Crippen LogP contribution in [0.2, 0.25) is 0 Å². The zero-order chi connectivity index (χ0) is 29.1. The van der Waals surface area contributed by atoms with E-state index in [1.54, 1.807) is 46.2 Å². The zero-order valence-electron chi connectivity index (χ0n) is 23.0. The third-order valence-electron chi connectivity index (χ3n) is 6.72. The van der Waals surface area contributed by atoms with Crippen LogP contribution in [0, 0.1) is 0 Å². The number of nitrogens with zero attached hydrogens (tertiary/aromatic N) is 3. The lowest BCUT2D eigenvalue weighted by Crippen LogP contribution is -2.37. The number of benzene rings is 2. The van der Waals surface area contributed by atoms with Crippen LogP contribution in [-0.2, 0) is 16.1 Å². The number of aromatic amines is 1. The molecule has 214 valence electrons. The van der Waals surface area contributed by atoms with Crippen LogP contribution in [0.15, 0.2) is 58.1 Å². The topological polar surface area (TPSA) is 145 Å². The minimum Gasteiger partial charge on any atom is -0.508 e. The summed E-state index contributed by atoms with van der Waals surface area (Å²) >= 11 is 0. The van der Waals surface area contributed by atoms with Crippen molar-refractivity contribution < 1.29 is 19.5 Å². The van der Waals surface area contributed by atoms with Crippen molar-refractivity contribution >= 4 is 28.6 Å². The first-order valence-corrected chi connectivity index (χ1v) is 13.5. The van der Waals surface area contributed by atoms with E-state index in [0.717, 1.165) is 0 Å². The molecule has 1 heterocycles. The Balaban J connectivity index is 1.40. The highest BCUT2D eigenvalue weighted by molar-refractivity contribution is 5.94. The molecule has 0 bridgehead atoms. The Morgan fingerprint density at radius 2 is 1.40 bits per heavy atom. The molecule has 0 fully saturated rings. The van der Waals surface area contributed by atoms with Crippen molar-refractivity contribution in [2.75, 3.05) is 32.7 Å². The van der Waals surface area contributed by atoms with E-state index in [1.807, 2.05) is 0 Å². The van der Waals surface area contributed by atoms with Crippen LogP contribution in [0.25, 0.3) is 10.9 Å². The Morgan fingerprint density at radius 1 is 0.825 bits per heavy atom. The predicted molar refractivity (Wildman–Crippen MR) is 152 cm³/mol. The molecular weight excluding hydrogens is 514 g/mol. The Kier molecular flexibility index (Phi) is 11.0. The van der Waals surface area contributed by atoms with Crippen molar-refractivity contribution in [3.05, 3.63) is 74.9 Å². The fourth-order valence-corrected chi connectivity index (χ4v) is 4.47. The number of rotatable bonds is 14. The summed E-state index contributed by atoms with van der Waals surface area (Å²) in [5.74, 6) is -0.296. The number of H-pyrrole nitrogens is 1. The lowest BCUT2D eigenvalue weighted by molar-refractivity contribution is -0.130. The molecule has 3 N–H and O–H groups in total. The molecule has 0 aliphatic rings. The van der Waals surface area contributed by atoms with Gasteiger partial charge in [0.25, 0.3) is 11.5 Å². The van der Waals surface area contributed by atoms with Gasteiger partial charge in [0.2, 0.25) is 11.8 Å². The second-order valence-corrected chi connectivity index (χ2v) is 9.66. The Morgan fingerprint density at radius 3 is 2.02 bits per heavy atom. The minimum absolute atomic E-state index is 0.0562. The van der Waals surface area contributed by atoms with Gasteiger partial charge in [0.05, 0.1) is 10.9 Å². The molecule has 0 saturated carbocycles. The van der Waals surface area contributed by atoms with Crippen LogP contribution in [0.4, 0.5) is 0 Å². The van der Waals surface area contributed by atoms with Crippen molar-refractivity contribution in [3.8, 4) is 5.75 Å². The Labute approximate surface area is 232 Å². The number of phenolic OH excluding ortho intramolecular Hbond substituents is 1. The van der Waals surface area contributed by atoms with Gasteiger partial charge in [-0.1, -0.05) is 12.1 Å². The number of fused-ring (bicyclic) bond motifs is 1. The monoisotopic (exact) mass is 551 g/mol. The molecular formula is C29H37N5O6. The number of unbranched alkanes of at least 4 members (excludes halogenated alkanes) is 1. The summed E-state index contributed by atoms with van der Waals surface area (Å²) in [4.78, 5) is 67.6. The highest BCUT2D eigenvalue weighted by Crippen LogP contribution is 2.09. The number of phenols is 1. The van der Waals surface area contributed by atoms with Crippen LogP contribution in [-0.4, -0.2) is 74.9 Å². The first-order valence-electron chi connectivity index (χ1n) is 13.5. The quantitative estimate of drug-likeness (QED) is 0.262. The van der Waals surface area contributed by atoms with E-state index in [4.69, 9.17) is 0 Å². The summed E-state index contributed by atoms with van der Waals surface area (Å²) in [7, 11) is 0. The first kappa shape index (κ1) is 30.1. The number of aromatic nitrogens is 2. The molecule has 11 nitrogen and oxygen atoms in total. The molecule has 0 saturated heterocycles. The summed E-state index contributed by atoms with van der Waals surface area (Å²) < 4.78 is 1.17. The van der Waals surface area contributed by atoms with Crippen molar-refractivity contribution in [2.45, 2.75) is 46.1 Å². The standard InChI is InChI=1S/C29H37N5O6/c1-21(35)32(18-7-15-30-27(38)23-11-13-24(37)14-12-23)16-5-6-17-33(22(2)36)19-8-20-34-28(39)25-9-3-4-10-26(25)31-29(34)40/h3-4,9-14,37H,5-8,15-20H2,1-2H3,(H,30,38)(H,31,40). The van der Waals surface area contributed by atoms with Gasteiger partial charge in [0, 0.05) is 58.7 Å². The van der Waals surface area contributed by atoms with Gasteiger partial charge < -0.3 is 25.2 Å². The Hall–Kier alpha value is -4.41. The maximum absolute atomic E-state index is 12.7. The maximum Gasteiger partial charge on any atom is 0.328 e. The SMILES string of the molecule is CC(=O)N(CCCCN(CCCn1c(=O)[nH]c2ccccc2c1=O)C(C)=O)CCCNC(=O)c1ccc(O)cc1. The van der Waals surface area contributed by atoms with E-state index < -0.39 is 5.69 Å². The highest BCUT2D eigenvalue weighted by Gasteiger charge is 2.13. The first-order chi connectivity index (χ1) is 19.2. The van der Waals surface area contributed by atoms with Gasteiger partial charge in [0.15, 0.2) is 0 Å². The van der Waals surface area contributed by atoms with E-state index >= 15 is 0 Å². The number of para-hydroxylation sites is 1. The molecule has 3 aromatic rings. The van der Waals surface area contributed by atoms with Crippen LogP contribution >= 0.6 is 0 Å². The van der Waals surface area contributed by atoms with Gasteiger partial charge in [0.1, 0.15) is 5.75 Å². The highest BCUT2D eigenvalue weighted by atomic mass is 16.3. The largest absolute Gasteiger partial charge is 0.508 e. The molecule has 0 aliphatic carbocycles. The van der Waals surface area contributed by atoms with E-state index in [2.05, 4.69) is 10.3 Å². The van der Waals surface area contributed by atoms with Crippen LogP contribution in [0.1, 0.15) is 49.9 Å². The van der Waals surface area contributed by atoms with Crippen LogP contribution < -0.4 is 16.6 Å². The zero-order valence-corrected chi connectivity index (χ0v) is 23.0. The molecule has 2 aromatic carbocycles. The number of carbonyl (C=O) groups excluding carboxylic acids is 3.